The fraction of sp³-hybridized carbons (Fsp3) is 0.500. The van der Waals surface area contributed by atoms with Crippen LogP contribution in [0, 0.1) is 5.92 Å². The molecular formula is C10H13N3O4. The number of carboxylic acids is 1. The molecule has 1 aliphatic carbocycles. The van der Waals surface area contributed by atoms with Crippen LogP contribution in [0.3, 0.4) is 0 Å². The third kappa shape index (κ3) is 2.96. The van der Waals surface area contributed by atoms with Gasteiger partial charge in [0.25, 0.3) is 5.91 Å². The lowest BCUT2D eigenvalue weighted by atomic mass is 10.3. The number of imidazole rings is 1. The molecule has 0 aromatic carbocycles. The lowest BCUT2D eigenvalue weighted by Crippen LogP contribution is -2.37. The summed E-state index contributed by atoms with van der Waals surface area (Å²) in [7, 11) is 0. The Kier molecular flexibility index (Phi) is 2.99. The summed E-state index contributed by atoms with van der Waals surface area (Å²) in [6, 6.07) is 0. The predicted octanol–water partition coefficient (Wildman–Crippen LogP) is -0.360. The first-order chi connectivity index (χ1) is 8.06. The minimum absolute atomic E-state index is 0.0944. The number of carbonyl (C=O) groups excluding carboxylic acids is 1. The molecule has 0 aliphatic heterocycles. The van der Waals surface area contributed by atoms with Crippen LogP contribution in [-0.4, -0.2) is 44.9 Å². The Balaban J connectivity index is 2.10. The van der Waals surface area contributed by atoms with Gasteiger partial charge in [-0.2, -0.15) is 0 Å². The number of aromatic amines is 2. The van der Waals surface area contributed by atoms with Gasteiger partial charge < -0.3 is 20.0 Å². The molecule has 1 heterocycles. The predicted molar refractivity (Wildman–Crippen MR) is 57.7 cm³/mol. The Labute approximate surface area is 96.4 Å². The number of carboxylic acid groups (broad SMARTS) is 1. The van der Waals surface area contributed by atoms with Crippen LogP contribution in [0.2, 0.25) is 0 Å². The molecule has 7 heteroatoms. The number of nitrogens with one attached hydrogen (secondary N) is 2. The normalized spacial score (nSPS) is 14.6. The molecule has 0 saturated heterocycles. The average molecular weight is 239 g/mol. The SMILES string of the molecule is O=C(O)CN(CC1CC1)C(=O)c1c[nH]c(=O)[nH]1. The molecular weight excluding hydrogens is 226 g/mol. The molecule has 0 radical (unpaired) electrons. The number of H-pyrrole nitrogens is 2. The molecule has 92 valence electrons. The monoisotopic (exact) mass is 239 g/mol. The van der Waals surface area contributed by atoms with Crippen molar-refractivity contribution in [3.63, 3.8) is 0 Å². The number of hydrogen-bond donors (Lipinski definition) is 3. The van der Waals surface area contributed by atoms with Gasteiger partial charge in [-0.25, -0.2) is 4.79 Å². The van der Waals surface area contributed by atoms with Crippen LogP contribution in [0.25, 0.3) is 0 Å². The number of hydrogen-bond acceptors (Lipinski definition) is 3. The molecule has 17 heavy (non-hydrogen) atoms. The average Bonchev–Trinajstić information content (AvgIpc) is 2.96. The summed E-state index contributed by atoms with van der Waals surface area (Å²) < 4.78 is 0. The Morgan fingerprint density at radius 1 is 1.47 bits per heavy atom. The largest absolute Gasteiger partial charge is 0.480 e. The highest BCUT2D eigenvalue weighted by Crippen LogP contribution is 2.29. The van der Waals surface area contributed by atoms with E-state index in [1.807, 2.05) is 0 Å². The highest BCUT2D eigenvalue weighted by Gasteiger charge is 2.28. The summed E-state index contributed by atoms with van der Waals surface area (Å²) >= 11 is 0. The highest BCUT2D eigenvalue weighted by atomic mass is 16.4. The highest BCUT2D eigenvalue weighted by molar-refractivity contribution is 5.93. The molecule has 0 atom stereocenters. The van der Waals surface area contributed by atoms with Crippen LogP contribution in [0.4, 0.5) is 0 Å². The molecule has 0 bridgehead atoms. The van der Waals surface area contributed by atoms with E-state index in [9.17, 15) is 14.4 Å². The van der Waals surface area contributed by atoms with Gasteiger partial charge in [0.2, 0.25) is 0 Å². The molecule has 7 nitrogen and oxygen atoms in total. The fourth-order valence-electron chi connectivity index (χ4n) is 1.61. The van der Waals surface area contributed by atoms with Crippen molar-refractivity contribution in [3.05, 3.63) is 22.4 Å². The Morgan fingerprint density at radius 2 is 2.18 bits per heavy atom. The summed E-state index contributed by atoms with van der Waals surface area (Å²) in [5, 5.41) is 8.74. The number of carbonyl (C=O) groups is 2. The van der Waals surface area contributed by atoms with Crippen molar-refractivity contribution < 1.29 is 14.7 Å². The third-order valence-corrected chi connectivity index (χ3v) is 2.62. The molecule has 1 aromatic rings. The zero-order valence-corrected chi connectivity index (χ0v) is 9.10. The van der Waals surface area contributed by atoms with E-state index in [4.69, 9.17) is 5.11 Å². The smallest absolute Gasteiger partial charge is 0.323 e. The zero-order valence-electron chi connectivity index (χ0n) is 9.10. The lowest BCUT2D eigenvalue weighted by molar-refractivity contribution is -0.137. The second kappa shape index (κ2) is 4.44. The summed E-state index contributed by atoms with van der Waals surface area (Å²) in [5.41, 5.74) is -0.382. The van der Waals surface area contributed by atoms with E-state index in [1.165, 1.54) is 11.1 Å². The maximum atomic E-state index is 11.9. The molecule has 3 N–H and O–H groups in total. The third-order valence-electron chi connectivity index (χ3n) is 2.62. The van der Waals surface area contributed by atoms with Gasteiger partial charge in [0.15, 0.2) is 0 Å². The van der Waals surface area contributed by atoms with Crippen LogP contribution >= 0.6 is 0 Å². The maximum Gasteiger partial charge on any atom is 0.323 e. The van der Waals surface area contributed by atoms with Gasteiger partial charge in [0, 0.05) is 12.7 Å². The first-order valence-corrected chi connectivity index (χ1v) is 5.35. The van der Waals surface area contributed by atoms with Crippen LogP contribution in [0.5, 0.6) is 0 Å². The number of rotatable bonds is 5. The Hall–Kier alpha value is -2.05. The van der Waals surface area contributed by atoms with Crippen molar-refractivity contribution in [1.82, 2.24) is 14.9 Å². The van der Waals surface area contributed by atoms with Gasteiger partial charge in [-0.05, 0) is 18.8 Å². The van der Waals surface area contributed by atoms with E-state index < -0.39 is 17.6 Å². The molecule has 0 spiro atoms. The second-order valence-electron chi connectivity index (χ2n) is 4.18. The number of aliphatic carboxylic acids is 1. The van der Waals surface area contributed by atoms with Crippen molar-refractivity contribution in [2.45, 2.75) is 12.8 Å². The lowest BCUT2D eigenvalue weighted by Gasteiger charge is -2.19. The van der Waals surface area contributed by atoms with E-state index in [0.29, 0.717) is 12.5 Å². The quantitative estimate of drug-likeness (QED) is 0.652. The van der Waals surface area contributed by atoms with Crippen LogP contribution in [-0.2, 0) is 4.79 Å². The topological polar surface area (TPSA) is 106 Å². The number of nitrogens with zero attached hydrogens (tertiary/aromatic N) is 1. The van der Waals surface area contributed by atoms with Gasteiger partial charge in [-0.3, -0.25) is 9.59 Å². The van der Waals surface area contributed by atoms with E-state index in [2.05, 4.69) is 9.97 Å². The van der Waals surface area contributed by atoms with E-state index in [1.54, 1.807) is 0 Å². The molecule has 2 rings (SSSR count). The van der Waals surface area contributed by atoms with E-state index >= 15 is 0 Å². The van der Waals surface area contributed by atoms with Crippen LogP contribution in [0.1, 0.15) is 23.3 Å². The summed E-state index contributed by atoms with van der Waals surface area (Å²) in [4.78, 5) is 39.4. The zero-order chi connectivity index (χ0) is 12.4. The summed E-state index contributed by atoms with van der Waals surface area (Å²) in [5.74, 6) is -1.13. The second-order valence-corrected chi connectivity index (χ2v) is 4.18. The molecule has 1 aromatic heterocycles. The van der Waals surface area contributed by atoms with Gasteiger partial charge in [-0.1, -0.05) is 0 Å². The van der Waals surface area contributed by atoms with Gasteiger partial charge in [0.05, 0.1) is 0 Å². The molecule has 1 aliphatic rings. The standard InChI is InChI=1S/C10H13N3O4/c14-8(15)5-13(4-6-1-2-6)9(16)7-3-11-10(17)12-7/h3,6H,1-2,4-5H2,(H,14,15)(H2,11,12,17). The molecule has 1 amide bonds. The molecule has 1 fully saturated rings. The maximum absolute atomic E-state index is 11.9. The minimum atomic E-state index is -1.06. The van der Waals surface area contributed by atoms with Crippen LogP contribution < -0.4 is 5.69 Å². The summed E-state index contributed by atoms with van der Waals surface area (Å²) in [6.07, 6.45) is 3.30. The number of amides is 1. The van der Waals surface area contributed by atoms with Crippen molar-refractivity contribution >= 4 is 11.9 Å². The van der Waals surface area contributed by atoms with Gasteiger partial charge in [0.1, 0.15) is 12.2 Å². The van der Waals surface area contributed by atoms with Gasteiger partial charge in [-0.15, -0.1) is 0 Å². The van der Waals surface area contributed by atoms with E-state index in [-0.39, 0.29) is 12.2 Å². The molecule has 0 unspecified atom stereocenters. The van der Waals surface area contributed by atoms with Crippen molar-refractivity contribution in [2.75, 3.05) is 13.1 Å². The first kappa shape index (κ1) is 11.4. The van der Waals surface area contributed by atoms with Crippen molar-refractivity contribution in [1.29, 1.82) is 0 Å². The van der Waals surface area contributed by atoms with Crippen molar-refractivity contribution in [2.24, 2.45) is 5.92 Å². The van der Waals surface area contributed by atoms with Crippen LogP contribution in [0.15, 0.2) is 11.0 Å². The Bertz CT molecular complexity index is 486. The number of aromatic nitrogens is 2. The van der Waals surface area contributed by atoms with Crippen molar-refractivity contribution in [3.8, 4) is 0 Å². The minimum Gasteiger partial charge on any atom is -0.480 e. The van der Waals surface area contributed by atoms with E-state index in [0.717, 1.165) is 12.8 Å². The fourth-order valence-corrected chi connectivity index (χ4v) is 1.61. The summed E-state index contributed by atoms with van der Waals surface area (Å²) in [6.45, 7) is 0.0842. The van der Waals surface area contributed by atoms with Gasteiger partial charge >= 0.3 is 11.7 Å². The Morgan fingerprint density at radius 3 is 2.65 bits per heavy atom. The first-order valence-electron chi connectivity index (χ1n) is 5.35. The molecule has 1 saturated carbocycles.